The molecule has 0 unspecified atom stereocenters. The first-order valence-electron chi connectivity index (χ1n) is 7.16. The molecule has 6 heteroatoms. The molecule has 0 saturated carbocycles. The molecule has 0 radical (unpaired) electrons. The quantitative estimate of drug-likeness (QED) is 0.666. The topological polar surface area (TPSA) is 63.1 Å². The highest BCUT2D eigenvalue weighted by molar-refractivity contribution is 7.98. The summed E-state index contributed by atoms with van der Waals surface area (Å²) in [7, 11) is 0. The number of benzene rings is 2. The van der Waals surface area contributed by atoms with Crippen LogP contribution in [0.2, 0.25) is 5.02 Å². The predicted molar refractivity (Wildman–Crippen MR) is 95.4 cm³/mol. The van der Waals surface area contributed by atoms with E-state index in [0.29, 0.717) is 10.8 Å². The van der Waals surface area contributed by atoms with Crippen molar-refractivity contribution in [3.05, 3.63) is 76.8 Å². The Morgan fingerprint density at radius 2 is 1.83 bits per heavy atom. The number of hydrogen-bond acceptors (Lipinski definition) is 4. The second-order valence-corrected chi connectivity index (χ2v) is 6.49. The van der Waals surface area contributed by atoms with E-state index in [4.69, 9.17) is 16.7 Å². The van der Waals surface area contributed by atoms with Crippen LogP contribution in [0.15, 0.2) is 65.7 Å². The van der Waals surface area contributed by atoms with E-state index in [1.54, 1.807) is 18.2 Å². The van der Waals surface area contributed by atoms with Crippen molar-refractivity contribution in [2.75, 3.05) is 0 Å². The van der Waals surface area contributed by atoms with Crippen molar-refractivity contribution in [2.24, 2.45) is 0 Å². The van der Waals surface area contributed by atoms with Crippen LogP contribution in [0, 0.1) is 0 Å². The summed E-state index contributed by atoms with van der Waals surface area (Å²) in [5, 5.41) is 18.9. The van der Waals surface area contributed by atoms with E-state index >= 15 is 0 Å². The zero-order chi connectivity index (χ0) is 16.9. The van der Waals surface area contributed by atoms with Crippen molar-refractivity contribution in [3.63, 3.8) is 0 Å². The SMILES string of the molecule is O=C(O)c1cccc(CSc2ccc(-c3ccc(Cl)cc3)nn2)c1. The van der Waals surface area contributed by atoms with Gasteiger partial charge in [-0.1, -0.05) is 47.6 Å². The van der Waals surface area contributed by atoms with Crippen LogP contribution in [0.5, 0.6) is 0 Å². The number of carboxylic acids is 1. The largest absolute Gasteiger partial charge is 0.478 e. The molecule has 3 aromatic rings. The van der Waals surface area contributed by atoms with Gasteiger partial charge >= 0.3 is 5.97 Å². The average molecular weight is 357 g/mol. The molecule has 0 aliphatic heterocycles. The molecule has 1 heterocycles. The Labute approximate surface area is 148 Å². The number of hydrogen-bond donors (Lipinski definition) is 1. The average Bonchev–Trinajstić information content (AvgIpc) is 2.61. The summed E-state index contributed by atoms with van der Waals surface area (Å²) in [5.41, 5.74) is 2.96. The van der Waals surface area contributed by atoms with Gasteiger partial charge in [-0.15, -0.1) is 10.2 Å². The molecule has 0 aliphatic rings. The molecule has 1 aromatic heterocycles. The fraction of sp³-hybridized carbons (Fsp3) is 0.0556. The maximum Gasteiger partial charge on any atom is 0.335 e. The van der Waals surface area contributed by atoms with Crippen LogP contribution >= 0.6 is 23.4 Å². The van der Waals surface area contributed by atoms with Crippen LogP contribution in [-0.2, 0) is 5.75 Å². The van der Waals surface area contributed by atoms with Gasteiger partial charge in [0, 0.05) is 16.3 Å². The molecule has 3 rings (SSSR count). The molecule has 0 spiro atoms. The molecule has 2 aromatic carbocycles. The van der Waals surface area contributed by atoms with Gasteiger partial charge in [-0.3, -0.25) is 0 Å². The highest BCUT2D eigenvalue weighted by atomic mass is 35.5. The summed E-state index contributed by atoms with van der Waals surface area (Å²) in [4.78, 5) is 11.0. The molecule has 1 N–H and O–H groups in total. The van der Waals surface area contributed by atoms with Gasteiger partial charge in [0.15, 0.2) is 0 Å². The maximum absolute atomic E-state index is 11.0. The van der Waals surface area contributed by atoms with Gasteiger partial charge < -0.3 is 5.11 Å². The molecule has 0 saturated heterocycles. The Hall–Kier alpha value is -2.37. The minimum absolute atomic E-state index is 0.289. The Balaban J connectivity index is 1.67. The summed E-state index contributed by atoms with van der Waals surface area (Å²) in [6.07, 6.45) is 0. The highest BCUT2D eigenvalue weighted by Gasteiger charge is 2.05. The summed E-state index contributed by atoms with van der Waals surface area (Å²) >= 11 is 7.39. The molecule has 120 valence electrons. The van der Waals surface area contributed by atoms with Gasteiger partial charge in [0.2, 0.25) is 0 Å². The lowest BCUT2D eigenvalue weighted by atomic mass is 10.1. The number of halogens is 1. The van der Waals surface area contributed by atoms with E-state index < -0.39 is 5.97 Å². The Morgan fingerprint density at radius 1 is 1.04 bits per heavy atom. The van der Waals surface area contributed by atoms with Crippen molar-refractivity contribution < 1.29 is 9.90 Å². The van der Waals surface area contributed by atoms with Crippen molar-refractivity contribution in [1.29, 1.82) is 0 Å². The molecule has 0 fully saturated rings. The monoisotopic (exact) mass is 356 g/mol. The third-order valence-electron chi connectivity index (χ3n) is 3.34. The molecule has 0 aliphatic carbocycles. The van der Waals surface area contributed by atoms with E-state index in [2.05, 4.69) is 10.2 Å². The maximum atomic E-state index is 11.0. The number of aromatic nitrogens is 2. The number of rotatable bonds is 5. The fourth-order valence-electron chi connectivity index (χ4n) is 2.12. The first-order valence-corrected chi connectivity index (χ1v) is 8.53. The first-order chi connectivity index (χ1) is 11.6. The highest BCUT2D eigenvalue weighted by Crippen LogP contribution is 2.24. The lowest BCUT2D eigenvalue weighted by Crippen LogP contribution is -1.96. The third-order valence-corrected chi connectivity index (χ3v) is 4.58. The van der Waals surface area contributed by atoms with E-state index in [9.17, 15) is 4.79 Å². The van der Waals surface area contributed by atoms with Crippen molar-refractivity contribution in [3.8, 4) is 11.3 Å². The molecular formula is C18H13ClN2O2S. The van der Waals surface area contributed by atoms with E-state index in [-0.39, 0.29) is 5.56 Å². The van der Waals surface area contributed by atoms with Gasteiger partial charge in [-0.2, -0.15) is 0 Å². The number of nitrogens with zero attached hydrogens (tertiary/aromatic N) is 2. The normalized spacial score (nSPS) is 10.5. The third kappa shape index (κ3) is 4.13. The first kappa shape index (κ1) is 16.5. The lowest BCUT2D eigenvalue weighted by Gasteiger charge is -2.04. The molecule has 0 atom stereocenters. The molecule has 0 amide bonds. The van der Waals surface area contributed by atoms with Gasteiger partial charge in [0.25, 0.3) is 0 Å². The van der Waals surface area contributed by atoms with Crippen molar-refractivity contribution in [2.45, 2.75) is 10.8 Å². The minimum Gasteiger partial charge on any atom is -0.478 e. The second-order valence-electron chi connectivity index (χ2n) is 5.06. The van der Waals surface area contributed by atoms with E-state index in [0.717, 1.165) is 21.8 Å². The Bertz CT molecular complexity index is 852. The smallest absolute Gasteiger partial charge is 0.335 e. The summed E-state index contributed by atoms with van der Waals surface area (Å²) < 4.78 is 0. The van der Waals surface area contributed by atoms with Crippen LogP contribution in [0.3, 0.4) is 0 Å². The Morgan fingerprint density at radius 3 is 2.50 bits per heavy atom. The fourth-order valence-corrected chi connectivity index (χ4v) is 3.01. The number of carboxylic acid groups (broad SMARTS) is 1. The molecule has 4 nitrogen and oxygen atoms in total. The number of carbonyl (C=O) groups is 1. The van der Waals surface area contributed by atoms with Crippen LogP contribution in [0.1, 0.15) is 15.9 Å². The van der Waals surface area contributed by atoms with E-state index in [1.165, 1.54) is 11.8 Å². The van der Waals surface area contributed by atoms with Gasteiger partial charge in [-0.25, -0.2) is 4.79 Å². The van der Waals surface area contributed by atoms with Crippen LogP contribution in [0.25, 0.3) is 11.3 Å². The second kappa shape index (κ2) is 7.47. The number of thioether (sulfide) groups is 1. The van der Waals surface area contributed by atoms with Crippen molar-refractivity contribution >= 4 is 29.3 Å². The predicted octanol–water partition coefficient (Wildman–Crippen LogP) is 4.79. The zero-order valence-electron chi connectivity index (χ0n) is 12.5. The van der Waals surface area contributed by atoms with Gasteiger partial charge in [0.1, 0.15) is 5.03 Å². The minimum atomic E-state index is -0.922. The standard InChI is InChI=1S/C18H13ClN2O2S/c19-15-6-4-13(5-7-15)16-8-9-17(21-20-16)24-11-12-2-1-3-14(10-12)18(22)23/h1-10H,11H2,(H,22,23). The zero-order valence-corrected chi connectivity index (χ0v) is 14.1. The molecule has 24 heavy (non-hydrogen) atoms. The van der Waals surface area contributed by atoms with Crippen LogP contribution < -0.4 is 0 Å². The lowest BCUT2D eigenvalue weighted by molar-refractivity contribution is 0.0697. The summed E-state index contributed by atoms with van der Waals surface area (Å²) in [6.45, 7) is 0. The summed E-state index contributed by atoms with van der Waals surface area (Å²) in [6, 6.07) is 18.1. The van der Waals surface area contributed by atoms with E-state index in [1.807, 2.05) is 42.5 Å². The molecule has 0 bridgehead atoms. The van der Waals surface area contributed by atoms with Gasteiger partial charge in [0.05, 0.1) is 11.3 Å². The summed E-state index contributed by atoms with van der Waals surface area (Å²) in [5.74, 6) is -0.287. The van der Waals surface area contributed by atoms with Crippen molar-refractivity contribution in [1.82, 2.24) is 10.2 Å². The van der Waals surface area contributed by atoms with Crippen LogP contribution in [-0.4, -0.2) is 21.3 Å². The van der Waals surface area contributed by atoms with Crippen LogP contribution in [0.4, 0.5) is 0 Å². The number of aromatic carboxylic acids is 1. The Kier molecular flexibility index (Phi) is 5.13. The molecular weight excluding hydrogens is 344 g/mol. The van der Waals surface area contributed by atoms with Gasteiger partial charge in [-0.05, 0) is 42.0 Å².